The van der Waals surface area contributed by atoms with Gasteiger partial charge in [-0.1, -0.05) is 12.1 Å². The van der Waals surface area contributed by atoms with Crippen LogP contribution in [0.2, 0.25) is 0 Å². The van der Waals surface area contributed by atoms with E-state index in [4.69, 9.17) is 13.1 Å². The predicted octanol–water partition coefficient (Wildman–Crippen LogP) is 2.18. The Kier molecular flexibility index (Phi) is 8.35. The molecule has 0 saturated carbocycles. The number of rotatable bonds is 6. The summed E-state index contributed by atoms with van der Waals surface area (Å²) in [6.45, 7) is 15.7. The molecule has 0 bridgehead atoms. The molecule has 0 saturated heterocycles. The van der Waals surface area contributed by atoms with Gasteiger partial charge < -0.3 is 9.11 Å². The molecule has 3 aromatic rings. The number of hydrogen-bond donors (Lipinski definition) is 2. The molecular formula is C30H20N4O8S4. The number of sulfone groups is 2. The fourth-order valence-electron chi connectivity index (χ4n) is 6.40. The van der Waals surface area contributed by atoms with Crippen molar-refractivity contribution in [3.05, 3.63) is 90.9 Å². The standard InChI is InChI=1S/C30H20N4O8S4/c1-33-21(11-31)26-20-10-18-23(45(3,39)40)7-8-24(46(4,41)42)28(18)30(20)27(22(12-32)34-2)19-9-17-15(13-43(35)36)5-6-16(14-44(37)38)25(17)29(19)26/h5-8H,9-10,13-14H2,3-4H3,(H,35,36)(H,37,38)/b26-21-,27-22+. The molecule has 0 fully saturated rings. The molecule has 0 spiro atoms. The van der Waals surface area contributed by atoms with Crippen molar-refractivity contribution in [3.8, 4) is 34.4 Å². The topological polar surface area (TPSA) is 199 Å². The number of hydrogen-bond acceptors (Lipinski definition) is 8. The van der Waals surface area contributed by atoms with E-state index in [0.717, 1.165) is 24.6 Å². The van der Waals surface area contributed by atoms with Gasteiger partial charge in [-0.25, -0.2) is 45.5 Å². The van der Waals surface area contributed by atoms with Crippen molar-refractivity contribution in [2.75, 3.05) is 12.5 Å². The van der Waals surface area contributed by atoms with E-state index >= 15 is 0 Å². The van der Waals surface area contributed by atoms with Gasteiger partial charge in [-0.2, -0.15) is 0 Å². The summed E-state index contributed by atoms with van der Waals surface area (Å²) in [4.78, 5) is 6.34. The molecule has 0 heterocycles. The SMILES string of the molecule is [C-]#[N+]/C(C#N)=c1/c2c(/c(=C(\C#N)[N+]#[C-])c3c1-c1c(CS(=O)O)ccc(CS(=O)O)c1C3)-c1c(S(C)(=O)=O)ccc(S(C)(=O)=O)c1C2. The van der Waals surface area contributed by atoms with Crippen LogP contribution in [0.4, 0.5) is 0 Å². The van der Waals surface area contributed by atoms with Gasteiger partial charge in [-0.15, -0.1) is 0 Å². The molecule has 2 aliphatic rings. The van der Waals surface area contributed by atoms with E-state index in [1.54, 1.807) is 0 Å². The Morgan fingerprint density at radius 3 is 1.61 bits per heavy atom. The minimum Gasteiger partial charge on any atom is -0.306 e. The first-order chi connectivity index (χ1) is 21.6. The van der Waals surface area contributed by atoms with Crippen LogP contribution in [0.5, 0.6) is 0 Å². The highest BCUT2D eigenvalue weighted by Crippen LogP contribution is 2.46. The summed E-state index contributed by atoms with van der Waals surface area (Å²) in [7, 11) is -8.03. The Morgan fingerprint density at radius 2 is 1.15 bits per heavy atom. The van der Waals surface area contributed by atoms with Crippen molar-refractivity contribution in [3.63, 3.8) is 0 Å². The lowest BCUT2D eigenvalue weighted by molar-refractivity contribution is 0.561. The fraction of sp³-hybridized carbons (Fsp3) is 0.200. The maximum absolute atomic E-state index is 13.1. The Morgan fingerprint density at radius 1 is 0.717 bits per heavy atom. The second kappa shape index (κ2) is 11.7. The Hall–Kier alpha value is -4.52. The Bertz CT molecular complexity index is 2500. The van der Waals surface area contributed by atoms with E-state index in [9.17, 15) is 44.9 Å². The van der Waals surface area contributed by atoms with Crippen LogP contribution in [-0.4, -0.2) is 46.9 Å². The first kappa shape index (κ1) is 32.9. The zero-order valence-electron chi connectivity index (χ0n) is 23.9. The van der Waals surface area contributed by atoms with Crippen LogP contribution in [0.15, 0.2) is 34.1 Å². The van der Waals surface area contributed by atoms with E-state index < -0.39 is 59.0 Å². The molecule has 0 aliphatic heterocycles. The largest absolute Gasteiger partial charge is 0.306 e. The van der Waals surface area contributed by atoms with Crippen LogP contribution in [0, 0.1) is 35.8 Å². The molecule has 12 nitrogen and oxygen atoms in total. The van der Waals surface area contributed by atoms with E-state index in [-0.39, 0.29) is 83.3 Å². The minimum absolute atomic E-state index is 0.00499. The van der Waals surface area contributed by atoms with Gasteiger partial charge in [0, 0.05) is 28.5 Å². The summed E-state index contributed by atoms with van der Waals surface area (Å²) in [5.41, 5.74) is 0.904. The number of nitriles is 2. The number of nitrogens with zero attached hydrogens (tertiary/aromatic N) is 4. The maximum atomic E-state index is 13.1. The third-order valence-corrected chi connectivity index (χ3v) is 11.3. The molecule has 3 aromatic carbocycles. The van der Waals surface area contributed by atoms with Gasteiger partial charge >= 0.3 is 0 Å². The van der Waals surface area contributed by atoms with Crippen molar-refractivity contribution in [1.82, 2.24) is 0 Å². The summed E-state index contributed by atoms with van der Waals surface area (Å²) in [6.07, 6.45) is 1.45. The lowest BCUT2D eigenvalue weighted by atomic mass is 9.89. The fourth-order valence-corrected chi connectivity index (χ4v) is 9.29. The van der Waals surface area contributed by atoms with Crippen LogP contribution in [-0.2, 0) is 66.2 Å². The Balaban J connectivity index is 2.18. The summed E-state index contributed by atoms with van der Waals surface area (Å²) in [5, 5.41) is 20.3. The first-order valence-electron chi connectivity index (χ1n) is 13.0. The number of benzene rings is 3. The smallest absolute Gasteiger partial charge is 0.269 e. The molecule has 2 atom stereocenters. The zero-order valence-corrected chi connectivity index (χ0v) is 27.2. The lowest BCUT2D eigenvalue weighted by Crippen LogP contribution is -2.26. The molecule has 5 rings (SSSR count). The summed E-state index contributed by atoms with van der Waals surface area (Å²) in [5.74, 6) is -0.762. The molecule has 232 valence electrons. The Labute approximate surface area is 269 Å². The average Bonchev–Trinajstić information content (AvgIpc) is 3.54. The first-order valence-corrected chi connectivity index (χ1v) is 19.3. The van der Waals surface area contributed by atoms with Crippen LogP contribution in [0.3, 0.4) is 0 Å². The highest BCUT2D eigenvalue weighted by atomic mass is 32.2. The van der Waals surface area contributed by atoms with Gasteiger partial charge in [-0.3, -0.25) is 0 Å². The van der Waals surface area contributed by atoms with Crippen molar-refractivity contribution in [1.29, 1.82) is 10.5 Å². The molecule has 2 aliphatic carbocycles. The molecule has 0 aromatic heterocycles. The molecule has 2 unspecified atom stereocenters. The second-order valence-corrected chi connectivity index (χ2v) is 16.4. The van der Waals surface area contributed by atoms with Crippen molar-refractivity contribution in [2.45, 2.75) is 34.1 Å². The average molecular weight is 693 g/mol. The predicted molar refractivity (Wildman–Crippen MR) is 169 cm³/mol. The second-order valence-electron chi connectivity index (χ2n) is 10.6. The maximum Gasteiger partial charge on any atom is 0.269 e. The highest BCUT2D eigenvalue weighted by Gasteiger charge is 2.38. The zero-order chi connectivity index (χ0) is 33.9. The van der Waals surface area contributed by atoms with E-state index in [2.05, 4.69) is 9.69 Å². The third-order valence-electron chi connectivity index (χ3n) is 7.91. The normalized spacial score (nSPS) is 15.5. The minimum atomic E-state index is -4.06. The molecule has 46 heavy (non-hydrogen) atoms. The summed E-state index contributed by atoms with van der Waals surface area (Å²) >= 11 is -4.71. The van der Waals surface area contributed by atoms with Crippen LogP contribution < -0.4 is 10.4 Å². The van der Waals surface area contributed by atoms with Crippen molar-refractivity contribution in [2.24, 2.45) is 0 Å². The molecule has 2 N–H and O–H groups in total. The molecule has 0 amide bonds. The molecule has 16 heteroatoms. The monoisotopic (exact) mass is 692 g/mol. The van der Waals surface area contributed by atoms with Gasteiger partial charge in [-0.05, 0) is 75.0 Å². The molecular weight excluding hydrogens is 673 g/mol. The number of fused-ring (bicyclic) bond motifs is 6. The van der Waals surface area contributed by atoms with Gasteiger partial charge in [0.25, 0.3) is 11.4 Å². The highest BCUT2D eigenvalue weighted by molar-refractivity contribution is 7.91. The van der Waals surface area contributed by atoms with Crippen molar-refractivity contribution < 1.29 is 34.4 Å². The van der Waals surface area contributed by atoms with Crippen molar-refractivity contribution >= 4 is 53.2 Å². The van der Waals surface area contributed by atoms with Gasteiger partial charge in [0.15, 0.2) is 41.8 Å². The summed E-state index contributed by atoms with van der Waals surface area (Å²) in [6, 6.07) is 8.97. The van der Waals surface area contributed by atoms with Gasteiger partial charge in [0.2, 0.25) is 0 Å². The van der Waals surface area contributed by atoms with Crippen LogP contribution in [0.25, 0.3) is 43.3 Å². The van der Waals surface area contributed by atoms with E-state index in [0.29, 0.717) is 11.1 Å². The lowest BCUT2D eigenvalue weighted by Gasteiger charge is -2.16. The van der Waals surface area contributed by atoms with Gasteiger partial charge in [0.05, 0.1) is 46.6 Å². The van der Waals surface area contributed by atoms with Crippen LogP contribution in [0.1, 0.15) is 33.4 Å². The van der Waals surface area contributed by atoms with E-state index in [1.807, 2.05) is 12.1 Å². The van der Waals surface area contributed by atoms with Gasteiger partial charge in [0.1, 0.15) is 0 Å². The summed E-state index contributed by atoms with van der Waals surface area (Å²) < 4.78 is 95.7. The quantitative estimate of drug-likeness (QED) is 0.196. The third kappa shape index (κ3) is 5.25. The molecule has 0 radical (unpaired) electrons. The van der Waals surface area contributed by atoms with Crippen LogP contribution >= 0.6 is 0 Å². The van der Waals surface area contributed by atoms with E-state index in [1.165, 1.54) is 12.1 Å².